The van der Waals surface area contributed by atoms with E-state index in [4.69, 9.17) is 11.6 Å². The van der Waals surface area contributed by atoms with Gasteiger partial charge in [0, 0.05) is 42.6 Å². The van der Waals surface area contributed by atoms with Crippen LogP contribution in [0.2, 0.25) is 5.02 Å². The molecule has 1 aromatic carbocycles. The number of nitrogens with one attached hydrogen (secondary N) is 1. The van der Waals surface area contributed by atoms with E-state index in [1.165, 1.54) is 12.8 Å². The lowest BCUT2D eigenvalue weighted by Crippen LogP contribution is -2.51. The Hall–Kier alpha value is -1.92. The van der Waals surface area contributed by atoms with Gasteiger partial charge in [-0.2, -0.15) is 0 Å². The van der Waals surface area contributed by atoms with Gasteiger partial charge in [-0.3, -0.25) is 9.69 Å². The van der Waals surface area contributed by atoms with Crippen molar-refractivity contribution in [2.75, 3.05) is 37.6 Å². The summed E-state index contributed by atoms with van der Waals surface area (Å²) in [7, 11) is 0. The first-order valence-corrected chi connectivity index (χ1v) is 10.6. The highest BCUT2D eigenvalue weighted by Crippen LogP contribution is 2.26. The van der Waals surface area contributed by atoms with Gasteiger partial charge in [-0.1, -0.05) is 18.5 Å². The third-order valence-electron chi connectivity index (χ3n) is 6.00. The van der Waals surface area contributed by atoms with E-state index in [0.29, 0.717) is 17.6 Å². The van der Waals surface area contributed by atoms with Crippen molar-refractivity contribution in [1.82, 2.24) is 20.2 Å². The number of aromatic nitrogens is 2. The van der Waals surface area contributed by atoms with E-state index in [0.717, 1.165) is 61.7 Å². The summed E-state index contributed by atoms with van der Waals surface area (Å²) in [5, 5.41) is 4.93. The van der Waals surface area contributed by atoms with Crippen LogP contribution in [0.1, 0.15) is 32.6 Å². The Labute approximate surface area is 171 Å². The number of carbonyl (C=O) groups is 1. The van der Waals surface area contributed by atoms with E-state index in [2.05, 4.69) is 32.0 Å². The lowest BCUT2D eigenvalue weighted by molar-refractivity contribution is -0.123. The summed E-state index contributed by atoms with van der Waals surface area (Å²) < 4.78 is 0. The van der Waals surface area contributed by atoms with Gasteiger partial charge in [-0.25, -0.2) is 9.97 Å². The average Bonchev–Trinajstić information content (AvgIpc) is 2.70. The first kappa shape index (κ1) is 19.4. The van der Waals surface area contributed by atoms with Crippen LogP contribution in [0.5, 0.6) is 0 Å². The molecule has 0 atom stereocenters. The average molecular weight is 402 g/mol. The van der Waals surface area contributed by atoms with Gasteiger partial charge < -0.3 is 10.2 Å². The maximum Gasteiger partial charge on any atom is 0.234 e. The molecule has 0 bridgehead atoms. The van der Waals surface area contributed by atoms with Gasteiger partial charge in [0.15, 0.2) is 0 Å². The van der Waals surface area contributed by atoms with Crippen molar-refractivity contribution in [1.29, 1.82) is 0 Å². The van der Waals surface area contributed by atoms with Crippen molar-refractivity contribution in [3.8, 4) is 0 Å². The minimum atomic E-state index is 0.162. The van der Waals surface area contributed by atoms with Gasteiger partial charge in [-0.15, -0.1) is 0 Å². The van der Waals surface area contributed by atoms with E-state index >= 15 is 0 Å². The fourth-order valence-electron chi connectivity index (χ4n) is 4.27. The van der Waals surface area contributed by atoms with Crippen molar-refractivity contribution in [2.45, 2.75) is 38.6 Å². The molecule has 2 aliphatic rings. The molecular formula is C21H28ClN5O. The highest BCUT2D eigenvalue weighted by atomic mass is 35.5. The molecule has 2 heterocycles. The Kier molecular flexibility index (Phi) is 5.97. The number of hydrogen-bond donors (Lipinski definition) is 1. The zero-order chi connectivity index (χ0) is 19.5. The monoisotopic (exact) mass is 401 g/mol. The molecule has 2 aromatic rings. The molecule has 7 heteroatoms. The van der Waals surface area contributed by atoms with Crippen LogP contribution in [0.3, 0.4) is 0 Å². The van der Waals surface area contributed by atoms with E-state index in [1.54, 1.807) is 6.33 Å². The quantitative estimate of drug-likeness (QED) is 0.852. The Bertz CT molecular complexity index is 829. The van der Waals surface area contributed by atoms with Crippen molar-refractivity contribution in [3.63, 3.8) is 0 Å². The lowest BCUT2D eigenvalue weighted by Gasteiger charge is -2.35. The Morgan fingerprint density at radius 2 is 1.89 bits per heavy atom. The highest BCUT2D eigenvalue weighted by molar-refractivity contribution is 6.31. The Morgan fingerprint density at radius 1 is 1.14 bits per heavy atom. The summed E-state index contributed by atoms with van der Waals surface area (Å²) in [6.07, 6.45) is 6.28. The van der Waals surface area contributed by atoms with Crippen LogP contribution >= 0.6 is 11.6 Å². The third-order valence-corrected chi connectivity index (χ3v) is 6.23. The summed E-state index contributed by atoms with van der Waals surface area (Å²) in [4.78, 5) is 25.8. The molecule has 1 N–H and O–H groups in total. The first-order valence-electron chi connectivity index (χ1n) is 10.3. The zero-order valence-corrected chi connectivity index (χ0v) is 17.2. The summed E-state index contributed by atoms with van der Waals surface area (Å²) >= 11 is 6.08. The van der Waals surface area contributed by atoms with Crippen LogP contribution in [0, 0.1) is 5.92 Å². The fraction of sp³-hybridized carbons (Fsp3) is 0.571. The predicted molar refractivity (Wildman–Crippen MR) is 113 cm³/mol. The third kappa shape index (κ3) is 4.55. The Morgan fingerprint density at radius 3 is 2.64 bits per heavy atom. The normalized spacial score (nSPS) is 23.7. The molecule has 1 saturated carbocycles. The van der Waals surface area contributed by atoms with Crippen molar-refractivity contribution >= 4 is 34.2 Å². The molecule has 2 fully saturated rings. The van der Waals surface area contributed by atoms with Gasteiger partial charge in [0.2, 0.25) is 5.91 Å². The van der Waals surface area contributed by atoms with Crippen LogP contribution in [0.4, 0.5) is 5.82 Å². The number of carbonyl (C=O) groups excluding carboxylic acids is 1. The first-order chi connectivity index (χ1) is 13.6. The molecule has 1 aliphatic heterocycles. The second-order valence-electron chi connectivity index (χ2n) is 8.15. The van der Waals surface area contributed by atoms with Crippen LogP contribution < -0.4 is 10.2 Å². The summed E-state index contributed by atoms with van der Waals surface area (Å²) in [6, 6.07) is 6.10. The highest BCUT2D eigenvalue weighted by Gasteiger charge is 2.24. The number of benzene rings is 1. The van der Waals surface area contributed by atoms with Crippen molar-refractivity contribution < 1.29 is 4.79 Å². The second-order valence-corrected chi connectivity index (χ2v) is 8.58. The summed E-state index contributed by atoms with van der Waals surface area (Å²) in [5.41, 5.74) is 0.862. The van der Waals surface area contributed by atoms with Gasteiger partial charge >= 0.3 is 0 Å². The van der Waals surface area contributed by atoms with Crippen molar-refractivity contribution in [3.05, 3.63) is 29.5 Å². The van der Waals surface area contributed by atoms with E-state index in [-0.39, 0.29) is 5.91 Å². The molecule has 0 spiro atoms. The summed E-state index contributed by atoms with van der Waals surface area (Å²) in [5.74, 6) is 1.91. The molecule has 0 radical (unpaired) electrons. The number of hydrogen-bond acceptors (Lipinski definition) is 5. The molecule has 1 aromatic heterocycles. The molecule has 1 aliphatic carbocycles. The maximum atomic E-state index is 12.4. The molecule has 150 valence electrons. The van der Waals surface area contributed by atoms with E-state index in [1.807, 2.05) is 18.2 Å². The zero-order valence-electron chi connectivity index (χ0n) is 16.4. The molecule has 1 saturated heterocycles. The van der Waals surface area contributed by atoms with Crippen LogP contribution in [0.25, 0.3) is 10.9 Å². The maximum absolute atomic E-state index is 12.4. The topological polar surface area (TPSA) is 61.4 Å². The number of amides is 1. The van der Waals surface area contributed by atoms with Crippen LogP contribution in [0.15, 0.2) is 24.5 Å². The van der Waals surface area contributed by atoms with Gasteiger partial charge in [0.05, 0.1) is 12.1 Å². The molecule has 4 rings (SSSR count). The minimum Gasteiger partial charge on any atom is -0.353 e. The van der Waals surface area contributed by atoms with Gasteiger partial charge in [-0.05, 0) is 49.8 Å². The second kappa shape index (κ2) is 8.62. The molecule has 1 amide bonds. The number of halogens is 1. The van der Waals surface area contributed by atoms with E-state index in [9.17, 15) is 4.79 Å². The minimum absolute atomic E-state index is 0.162. The molecular weight excluding hydrogens is 374 g/mol. The molecule has 0 unspecified atom stereocenters. The fourth-order valence-corrected chi connectivity index (χ4v) is 4.43. The SMILES string of the molecule is CC1CCC(NC(=O)CN2CCN(c3ncnc4cc(Cl)ccc34)CC2)CC1. The van der Waals surface area contributed by atoms with Crippen LogP contribution in [-0.2, 0) is 4.79 Å². The number of fused-ring (bicyclic) bond motifs is 1. The number of nitrogens with zero attached hydrogens (tertiary/aromatic N) is 4. The number of rotatable bonds is 4. The van der Waals surface area contributed by atoms with Gasteiger partial charge in [0.1, 0.15) is 12.1 Å². The number of anilines is 1. The van der Waals surface area contributed by atoms with Crippen molar-refractivity contribution in [2.24, 2.45) is 5.92 Å². The summed E-state index contributed by atoms with van der Waals surface area (Å²) in [6.45, 7) is 6.20. The van der Waals surface area contributed by atoms with Gasteiger partial charge in [0.25, 0.3) is 0 Å². The largest absolute Gasteiger partial charge is 0.353 e. The standard InChI is InChI=1S/C21H28ClN5O/c1-15-2-5-17(6-3-15)25-20(28)13-26-8-10-27(11-9-26)21-18-7-4-16(22)12-19(18)23-14-24-21/h4,7,12,14-15,17H,2-3,5-6,8-11,13H2,1H3,(H,25,28). The Balaban J connectivity index is 1.31. The van der Waals surface area contributed by atoms with E-state index < -0.39 is 0 Å². The molecule has 6 nitrogen and oxygen atoms in total. The predicted octanol–water partition coefficient (Wildman–Crippen LogP) is 3.10. The van der Waals surface area contributed by atoms with Crippen LogP contribution in [-0.4, -0.2) is 59.5 Å². The number of piperazine rings is 1. The molecule has 28 heavy (non-hydrogen) atoms. The lowest BCUT2D eigenvalue weighted by atomic mass is 9.87. The smallest absolute Gasteiger partial charge is 0.234 e.